The van der Waals surface area contributed by atoms with Crippen LogP contribution in [0.5, 0.6) is 0 Å². The standard InChI is InChI=1S/C68H38N8/c1-71-50-29-31-51(49(36-50)42-70)46-26-32-66-57(37-46)58-38-47(52-30-25-43(41-69)35-61(52)72-2)27-33-67(58)76(66)65-34-28-48(68-73-59(44-15-5-3-6-16-44)40-60(74-68)45-17-7-4-8-18-45)39-56(65)55-21-11-14-24-64(55)75-62-22-12-9-19-53(62)54-20-10-13-23-63(54)75/h3-40H. The van der Waals surface area contributed by atoms with E-state index in [9.17, 15) is 10.5 Å². The quantitative estimate of drug-likeness (QED) is 0.142. The molecule has 0 atom stereocenters. The molecule has 0 N–H and O–H groups in total. The van der Waals surface area contributed by atoms with Crippen molar-refractivity contribution in [1.29, 1.82) is 10.5 Å². The van der Waals surface area contributed by atoms with Crippen LogP contribution in [0.2, 0.25) is 0 Å². The average Bonchev–Trinajstić information content (AvgIpc) is 4.02. The first-order valence-corrected chi connectivity index (χ1v) is 24.6. The molecule has 0 spiro atoms. The van der Waals surface area contributed by atoms with Crippen LogP contribution in [0.1, 0.15) is 11.1 Å². The molecule has 10 aromatic carbocycles. The predicted octanol–water partition coefficient (Wildman–Crippen LogP) is 17.5. The lowest BCUT2D eigenvalue weighted by Crippen LogP contribution is -2.03. The molecule has 13 aromatic rings. The summed E-state index contributed by atoms with van der Waals surface area (Å²) in [5.41, 5.74) is 16.9. The Morgan fingerprint density at radius 3 is 1.51 bits per heavy atom. The topological polar surface area (TPSA) is 91.9 Å². The van der Waals surface area contributed by atoms with E-state index in [-0.39, 0.29) is 0 Å². The third-order valence-corrected chi connectivity index (χ3v) is 14.3. The van der Waals surface area contributed by atoms with Crippen LogP contribution in [0, 0.1) is 35.8 Å². The van der Waals surface area contributed by atoms with Gasteiger partial charge in [-0.3, -0.25) is 0 Å². The van der Waals surface area contributed by atoms with Crippen molar-refractivity contribution in [3.05, 3.63) is 264 Å². The number of rotatable bonds is 8. The summed E-state index contributed by atoms with van der Waals surface area (Å²) in [7, 11) is 0. The predicted molar refractivity (Wildman–Crippen MR) is 305 cm³/mol. The highest BCUT2D eigenvalue weighted by atomic mass is 15.0. The van der Waals surface area contributed by atoms with E-state index in [0.717, 1.165) is 105 Å². The Bertz CT molecular complexity index is 4450. The van der Waals surface area contributed by atoms with Crippen molar-refractivity contribution in [3.8, 4) is 90.8 Å². The van der Waals surface area contributed by atoms with Gasteiger partial charge < -0.3 is 9.13 Å². The summed E-state index contributed by atoms with van der Waals surface area (Å²) in [4.78, 5) is 18.1. The Balaban J connectivity index is 1.12. The molecule has 0 saturated heterocycles. The number of para-hydroxylation sites is 3. The van der Waals surface area contributed by atoms with Crippen molar-refractivity contribution in [2.24, 2.45) is 0 Å². The van der Waals surface area contributed by atoms with Crippen LogP contribution in [0.25, 0.3) is 132 Å². The third-order valence-electron chi connectivity index (χ3n) is 14.3. The fourth-order valence-electron chi connectivity index (χ4n) is 10.8. The summed E-state index contributed by atoms with van der Waals surface area (Å²) >= 11 is 0. The van der Waals surface area contributed by atoms with E-state index in [0.29, 0.717) is 39.5 Å². The van der Waals surface area contributed by atoms with Gasteiger partial charge in [-0.2, -0.15) is 10.5 Å². The summed E-state index contributed by atoms with van der Waals surface area (Å²) in [5.74, 6) is 0.578. The van der Waals surface area contributed by atoms with Gasteiger partial charge in [0, 0.05) is 60.5 Å². The molecule has 8 heteroatoms. The molecule has 3 aromatic heterocycles. The van der Waals surface area contributed by atoms with Crippen molar-refractivity contribution < 1.29 is 0 Å². The molecule has 0 amide bonds. The Kier molecular flexibility index (Phi) is 10.9. The molecule has 350 valence electrons. The lowest BCUT2D eigenvalue weighted by Gasteiger charge is -2.20. The molecule has 0 unspecified atom stereocenters. The van der Waals surface area contributed by atoms with Crippen molar-refractivity contribution in [1.82, 2.24) is 19.1 Å². The first-order valence-electron chi connectivity index (χ1n) is 24.6. The Morgan fingerprint density at radius 1 is 0.368 bits per heavy atom. The fraction of sp³-hybridized carbons (Fsp3) is 0. The SMILES string of the molecule is [C-]#[N+]c1ccc(-c2ccc3c(c2)c2cc(-c4ccc(C#N)cc4[N+]#[C-])ccc2n3-c2ccc(-c3nc(-c4ccccc4)cc(-c4ccccc4)n3)cc2-c2ccccc2-n2c3ccccc3c3ccccc32)c(C#N)c1. The highest BCUT2D eigenvalue weighted by Crippen LogP contribution is 2.45. The zero-order valence-corrected chi connectivity index (χ0v) is 40.5. The van der Waals surface area contributed by atoms with E-state index in [1.54, 1.807) is 24.3 Å². The van der Waals surface area contributed by atoms with Crippen LogP contribution in [-0.2, 0) is 0 Å². The monoisotopic (exact) mass is 966 g/mol. The molecule has 0 bridgehead atoms. The normalized spacial score (nSPS) is 11.1. The molecule has 0 fully saturated rings. The molecule has 3 heterocycles. The smallest absolute Gasteiger partial charge is 0.196 e. The molecule has 0 saturated carbocycles. The first-order chi connectivity index (χ1) is 37.5. The average molecular weight is 967 g/mol. The maximum absolute atomic E-state index is 10.4. The van der Waals surface area contributed by atoms with E-state index in [2.05, 4.69) is 177 Å². The second-order valence-electron chi connectivity index (χ2n) is 18.5. The van der Waals surface area contributed by atoms with Gasteiger partial charge in [0.2, 0.25) is 0 Å². The van der Waals surface area contributed by atoms with Crippen LogP contribution in [0.4, 0.5) is 11.4 Å². The van der Waals surface area contributed by atoms with E-state index in [1.165, 1.54) is 0 Å². The molecular formula is C68H38N8. The molecule has 0 radical (unpaired) electrons. The van der Waals surface area contributed by atoms with Gasteiger partial charge >= 0.3 is 0 Å². The van der Waals surface area contributed by atoms with Gasteiger partial charge in [-0.05, 0) is 107 Å². The maximum Gasteiger partial charge on any atom is 0.196 e. The van der Waals surface area contributed by atoms with Crippen molar-refractivity contribution in [2.45, 2.75) is 0 Å². The Labute approximate surface area is 437 Å². The summed E-state index contributed by atoms with van der Waals surface area (Å²) in [5, 5.41) is 24.3. The summed E-state index contributed by atoms with van der Waals surface area (Å²) < 4.78 is 4.66. The molecule has 0 aliphatic rings. The van der Waals surface area contributed by atoms with E-state index in [4.69, 9.17) is 23.1 Å². The third kappa shape index (κ3) is 7.51. The first kappa shape index (κ1) is 44.8. The Hall–Kier alpha value is -11.2. The number of fused-ring (bicyclic) bond motifs is 6. The number of nitriles is 2. The summed E-state index contributed by atoms with van der Waals surface area (Å²) in [6, 6.07) is 82.1. The van der Waals surface area contributed by atoms with E-state index in [1.807, 2.05) is 60.7 Å². The number of nitrogens with zero attached hydrogens (tertiary/aromatic N) is 8. The van der Waals surface area contributed by atoms with E-state index >= 15 is 0 Å². The molecule has 8 nitrogen and oxygen atoms in total. The largest absolute Gasteiger partial charge is 0.309 e. The maximum atomic E-state index is 10.4. The van der Waals surface area contributed by atoms with Crippen LogP contribution in [0.15, 0.2) is 231 Å². The number of aromatic nitrogens is 4. The van der Waals surface area contributed by atoms with Crippen molar-refractivity contribution >= 4 is 55.0 Å². The minimum absolute atomic E-state index is 0.384. The molecule has 76 heavy (non-hydrogen) atoms. The molecule has 13 rings (SSSR count). The van der Waals surface area contributed by atoms with Crippen LogP contribution in [-0.4, -0.2) is 19.1 Å². The van der Waals surface area contributed by atoms with Crippen molar-refractivity contribution in [3.63, 3.8) is 0 Å². The van der Waals surface area contributed by atoms with Crippen LogP contribution in [0.3, 0.4) is 0 Å². The number of benzene rings is 10. The van der Waals surface area contributed by atoms with Gasteiger partial charge in [-0.15, -0.1) is 0 Å². The van der Waals surface area contributed by atoms with Gasteiger partial charge in [0.1, 0.15) is 0 Å². The molecule has 0 aliphatic carbocycles. The lowest BCUT2D eigenvalue weighted by atomic mass is 9.97. The highest BCUT2D eigenvalue weighted by molar-refractivity contribution is 6.13. The minimum atomic E-state index is 0.384. The van der Waals surface area contributed by atoms with Crippen LogP contribution >= 0.6 is 0 Å². The van der Waals surface area contributed by atoms with Gasteiger partial charge in [-0.25, -0.2) is 19.7 Å². The second-order valence-corrected chi connectivity index (χ2v) is 18.5. The molecule has 0 aliphatic heterocycles. The summed E-state index contributed by atoms with van der Waals surface area (Å²) in [6.07, 6.45) is 0. The van der Waals surface area contributed by atoms with Gasteiger partial charge in [0.25, 0.3) is 0 Å². The van der Waals surface area contributed by atoms with Crippen LogP contribution < -0.4 is 0 Å². The lowest BCUT2D eigenvalue weighted by molar-refractivity contribution is 1.15. The van der Waals surface area contributed by atoms with Crippen molar-refractivity contribution in [2.75, 3.05) is 0 Å². The number of hydrogen-bond donors (Lipinski definition) is 0. The Morgan fingerprint density at radius 2 is 0.908 bits per heavy atom. The highest BCUT2D eigenvalue weighted by Gasteiger charge is 2.23. The zero-order chi connectivity index (χ0) is 51.3. The van der Waals surface area contributed by atoms with E-state index < -0.39 is 0 Å². The molecular weight excluding hydrogens is 929 g/mol. The summed E-state index contributed by atoms with van der Waals surface area (Å²) in [6.45, 7) is 15.8. The van der Waals surface area contributed by atoms with Gasteiger partial charge in [-0.1, -0.05) is 146 Å². The second kappa shape index (κ2) is 18.5. The van der Waals surface area contributed by atoms with Gasteiger partial charge in [0.05, 0.1) is 70.1 Å². The fourth-order valence-corrected chi connectivity index (χ4v) is 10.8. The van der Waals surface area contributed by atoms with Gasteiger partial charge in [0.15, 0.2) is 17.2 Å². The minimum Gasteiger partial charge on any atom is -0.309 e. The number of hydrogen-bond acceptors (Lipinski definition) is 4. The zero-order valence-electron chi connectivity index (χ0n) is 40.5.